The molecule has 45 heavy (non-hydrogen) atoms. The van der Waals surface area contributed by atoms with Gasteiger partial charge in [0.1, 0.15) is 17.3 Å². The average molecular weight is 641 g/mol. The van der Waals surface area contributed by atoms with Crippen molar-refractivity contribution in [3.8, 4) is 11.1 Å². The van der Waals surface area contributed by atoms with Gasteiger partial charge in [0.15, 0.2) is 0 Å². The number of carbonyl (C=O) groups excluding carboxylic acids is 3. The number of amides is 2. The van der Waals surface area contributed by atoms with E-state index in [0.29, 0.717) is 61.2 Å². The van der Waals surface area contributed by atoms with Crippen LogP contribution in [0, 0.1) is 18.6 Å². The number of ether oxygens (including phenoxy) is 2. The zero-order chi connectivity index (χ0) is 32.5. The monoisotopic (exact) mass is 640 g/mol. The summed E-state index contributed by atoms with van der Waals surface area (Å²) in [6.07, 6.45) is 3.14. The van der Waals surface area contributed by atoms with E-state index in [-0.39, 0.29) is 41.1 Å². The van der Waals surface area contributed by atoms with Crippen molar-refractivity contribution in [2.75, 3.05) is 32.1 Å². The standard InChI is InChI=1S/C33H35ClF2N4O5/c1-4-44-32(42)28-9-6-5-8-23(29-18-21(14-15-37-29)24-19-22(35)10-12-27(24)38-28)31(41)40(3)16-7-17-45-33(43)39-26-13-11-25(34)30(36)20(26)2/h10-15,18-19,23H,4-9,16-17H2,1-3H3,(H,39,43)/b38-28-. The zero-order valence-corrected chi connectivity index (χ0v) is 26.1. The Kier molecular flexibility index (Phi) is 11.6. The first-order valence-corrected chi connectivity index (χ1v) is 15.1. The smallest absolute Gasteiger partial charge is 0.411 e. The van der Waals surface area contributed by atoms with E-state index >= 15 is 0 Å². The molecule has 2 bridgehead atoms. The van der Waals surface area contributed by atoms with E-state index in [9.17, 15) is 23.2 Å². The van der Waals surface area contributed by atoms with Crippen LogP contribution in [0.1, 0.15) is 56.2 Å². The Labute approximate surface area is 265 Å². The molecule has 1 unspecified atom stereocenters. The number of pyridine rings is 1. The maximum Gasteiger partial charge on any atom is 0.411 e. The highest BCUT2D eigenvalue weighted by Crippen LogP contribution is 2.35. The second-order valence-corrected chi connectivity index (χ2v) is 11.0. The first-order valence-electron chi connectivity index (χ1n) is 14.7. The summed E-state index contributed by atoms with van der Waals surface area (Å²) in [4.78, 5) is 49.3. The molecule has 238 valence electrons. The lowest BCUT2D eigenvalue weighted by Gasteiger charge is -2.24. The zero-order valence-electron chi connectivity index (χ0n) is 25.4. The molecule has 2 aromatic carbocycles. The summed E-state index contributed by atoms with van der Waals surface area (Å²) in [6.45, 7) is 3.73. The van der Waals surface area contributed by atoms with Gasteiger partial charge in [-0.25, -0.2) is 23.4 Å². The molecule has 1 aliphatic heterocycles. The Morgan fingerprint density at radius 2 is 1.89 bits per heavy atom. The van der Waals surface area contributed by atoms with Crippen LogP contribution in [0.15, 0.2) is 53.7 Å². The van der Waals surface area contributed by atoms with E-state index in [4.69, 9.17) is 21.1 Å². The number of benzene rings is 2. The number of halogens is 3. The maximum absolute atomic E-state index is 14.4. The quantitative estimate of drug-likeness (QED) is 0.203. The van der Waals surface area contributed by atoms with Crippen molar-refractivity contribution in [1.29, 1.82) is 0 Å². The Morgan fingerprint density at radius 1 is 1.09 bits per heavy atom. The van der Waals surface area contributed by atoms with E-state index in [2.05, 4.69) is 15.3 Å². The fourth-order valence-corrected chi connectivity index (χ4v) is 5.23. The molecule has 12 heteroatoms. The highest BCUT2D eigenvalue weighted by molar-refractivity contribution is 6.37. The molecule has 0 saturated carbocycles. The molecule has 3 aromatic rings. The fourth-order valence-electron chi connectivity index (χ4n) is 5.02. The largest absolute Gasteiger partial charge is 0.462 e. The van der Waals surface area contributed by atoms with Gasteiger partial charge in [0.2, 0.25) is 5.91 Å². The Bertz CT molecular complexity index is 1600. The molecular weight excluding hydrogens is 606 g/mol. The second-order valence-electron chi connectivity index (χ2n) is 10.6. The van der Waals surface area contributed by atoms with Crippen molar-refractivity contribution >= 4 is 46.7 Å². The number of fused-ring (bicyclic) bond motifs is 4. The molecule has 2 amide bonds. The van der Waals surface area contributed by atoms with Crippen LogP contribution in [0.25, 0.3) is 11.1 Å². The van der Waals surface area contributed by atoms with Crippen LogP contribution >= 0.6 is 11.6 Å². The molecule has 0 aliphatic carbocycles. The van der Waals surface area contributed by atoms with Gasteiger partial charge in [-0.2, -0.15) is 0 Å². The van der Waals surface area contributed by atoms with E-state index in [0.717, 1.165) is 0 Å². The fraction of sp³-hybridized carbons (Fsp3) is 0.364. The van der Waals surface area contributed by atoms with E-state index in [1.54, 1.807) is 37.2 Å². The number of nitrogens with one attached hydrogen (secondary N) is 1. The van der Waals surface area contributed by atoms with Gasteiger partial charge in [0.25, 0.3) is 0 Å². The molecule has 2 heterocycles. The lowest BCUT2D eigenvalue weighted by molar-refractivity contribution is -0.135. The summed E-state index contributed by atoms with van der Waals surface area (Å²) in [6, 6.07) is 10.4. The second kappa shape index (κ2) is 15.6. The predicted octanol–water partition coefficient (Wildman–Crippen LogP) is 7.38. The highest BCUT2D eigenvalue weighted by atomic mass is 35.5. The minimum atomic E-state index is -0.753. The van der Waals surface area contributed by atoms with E-state index in [1.165, 1.54) is 37.3 Å². The molecule has 0 saturated heterocycles. The number of esters is 1. The van der Waals surface area contributed by atoms with Gasteiger partial charge >= 0.3 is 12.1 Å². The number of aromatic nitrogens is 1. The van der Waals surface area contributed by atoms with Crippen LogP contribution in [0.3, 0.4) is 0 Å². The van der Waals surface area contributed by atoms with Gasteiger partial charge in [-0.15, -0.1) is 0 Å². The van der Waals surface area contributed by atoms with Crippen LogP contribution in [-0.4, -0.2) is 60.4 Å². The first-order chi connectivity index (χ1) is 21.6. The number of anilines is 1. The number of hydrogen-bond donors (Lipinski definition) is 1. The third-order valence-corrected chi connectivity index (χ3v) is 7.74. The Hall–Kier alpha value is -4.38. The molecule has 1 aliphatic rings. The normalized spacial score (nSPS) is 15.8. The molecule has 0 fully saturated rings. The van der Waals surface area contributed by atoms with Gasteiger partial charge in [-0.1, -0.05) is 18.0 Å². The van der Waals surface area contributed by atoms with Crippen molar-refractivity contribution in [2.24, 2.45) is 4.99 Å². The molecular formula is C33H35ClF2N4O5. The Balaban J connectivity index is 1.45. The van der Waals surface area contributed by atoms with E-state index < -0.39 is 29.6 Å². The van der Waals surface area contributed by atoms with Crippen molar-refractivity contribution in [2.45, 2.75) is 51.9 Å². The minimum absolute atomic E-state index is 0.0231. The number of nitrogens with zero attached hydrogens (tertiary/aromatic N) is 3. The molecule has 4 rings (SSSR count). The molecule has 1 N–H and O–H groups in total. The average Bonchev–Trinajstić information content (AvgIpc) is 3.02. The molecule has 0 radical (unpaired) electrons. The summed E-state index contributed by atoms with van der Waals surface area (Å²) in [5.41, 5.74) is 2.70. The summed E-state index contributed by atoms with van der Waals surface area (Å²) >= 11 is 5.76. The third-order valence-electron chi connectivity index (χ3n) is 7.45. The van der Waals surface area contributed by atoms with Crippen LogP contribution < -0.4 is 5.32 Å². The van der Waals surface area contributed by atoms with Gasteiger partial charge in [-0.3, -0.25) is 15.1 Å². The van der Waals surface area contributed by atoms with Gasteiger partial charge in [-0.05, 0) is 87.6 Å². The highest BCUT2D eigenvalue weighted by Gasteiger charge is 2.26. The molecule has 9 nitrogen and oxygen atoms in total. The molecule has 1 aromatic heterocycles. The lowest BCUT2D eigenvalue weighted by Crippen LogP contribution is -2.33. The number of aliphatic imine (C=N–C) groups is 1. The summed E-state index contributed by atoms with van der Waals surface area (Å²) < 4.78 is 38.8. The maximum atomic E-state index is 14.4. The van der Waals surface area contributed by atoms with Crippen molar-refractivity contribution in [3.05, 3.63) is 76.6 Å². The lowest BCUT2D eigenvalue weighted by atomic mass is 9.92. The summed E-state index contributed by atoms with van der Waals surface area (Å²) in [7, 11) is 1.67. The van der Waals surface area contributed by atoms with Gasteiger partial charge in [0, 0.05) is 36.6 Å². The number of rotatable bonds is 8. The van der Waals surface area contributed by atoms with Crippen molar-refractivity contribution in [1.82, 2.24) is 9.88 Å². The third kappa shape index (κ3) is 8.63. The van der Waals surface area contributed by atoms with Crippen LogP contribution in [0.4, 0.5) is 25.0 Å². The number of carbonyl (C=O) groups is 3. The van der Waals surface area contributed by atoms with Crippen LogP contribution in [0.5, 0.6) is 0 Å². The molecule has 0 spiro atoms. The van der Waals surface area contributed by atoms with Crippen LogP contribution in [-0.2, 0) is 19.1 Å². The van der Waals surface area contributed by atoms with Crippen molar-refractivity contribution in [3.63, 3.8) is 0 Å². The number of hydrogen-bond acceptors (Lipinski definition) is 7. The summed E-state index contributed by atoms with van der Waals surface area (Å²) in [5, 5.41) is 2.45. The summed E-state index contributed by atoms with van der Waals surface area (Å²) in [5.74, 6) is -2.39. The van der Waals surface area contributed by atoms with Gasteiger partial charge in [0.05, 0.1) is 35.5 Å². The van der Waals surface area contributed by atoms with Gasteiger partial charge < -0.3 is 14.4 Å². The predicted molar refractivity (Wildman–Crippen MR) is 168 cm³/mol. The minimum Gasteiger partial charge on any atom is -0.462 e. The van der Waals surface area contributed by atoms with Crippen molar-refractivity contribution < 1.29 is 32.6 Å². The van der Waals surface area contributed by atoms with E-state index in [1.807, 2.05) is 0 Å². The number of likely N-dealkylation sites (N-methyl/N-ethyl adjacent to an activating group) is 1. The Morgan fingerprint density at radius 3 is 2.67 bits per heavy atom. The molecule has 1 atom stereocenters. The first kappa shape index (κ1) is 33.5. The van der Waals surface area contributed by atoms with Crippen LogP contribution in [0.2, 0.25) is 5.02 Å². The SMILES string of the molecule is CCOC(=O)/C1=N\c2ccc(F)cc2-c2ccnc(c2)C(C(=O)N(C)CCCOC(=O)Nc2ccc(Cl)c(F)c2C)CCCC1. The topological polar surface area (TPSA) is 110 Å².